The molecule has 2 aromatic carbocycles. The third kappa shape index (κ3) is 7.33. The summed E-state index contributed by atoms with van der Waals surface area (Å²) in [6.45, 7) is 9.96. The first-order chi connectivity index (χ1) is 24.6. The zero-order chi connectivity index (χ0) is 37.6. The molecule has 2 aromatic rings. The van der Waals surface area contributed by atoms with Crippen molar-refractivity contribution in [2.24, 2.45) is 5.92 Å². The molecule has 0 bridgehead atoms. The standard InChI is InChI=1S/C38H47F3N3O7S/c1-6-44-31-21-33-29(19-27(31)26(22-37(44,3)4)23-52(47,48)43-16-12-24(13-17-43)36(46)49-5)35(38(39,40)41)28-18-25-10-8-14-42(30(25)20-32(28)51-33)15-9-11-34(45)50-7-2/h18-22,24H,6-17,23H2,1-5H3/q+1. The van der Waals surface area contributed by atoms with Crippen LogP contribution in [-0.4, -0.2) is 88.6 Å². The fraction of sp³-hybridized carbons (Fsp3) is 0.553. The summed E-state index contributed by atoms with van der Waals surface area (Å²) in [5.41, 5.74) is 0.561. The summed E-state index contributed by atoms with van der Waals surface area (Å²) < 4.78 is 93.1. The van der Waals surface area contributed by atoms with E-state index in [2.05, 4.69) is 4.58 Å². The Morgan fingerprint density at radius 3 is 2.44 bits per heavy atom. The third-order valence-corrected chi connectivity index (χ3v) is 12.4. The number of carbonyl (C=O) groups excluding carboxylic acids is 2. The van der Waals surface area contributed by atoms with Crippen molar-refractivity contribution in [1.82, 2.24) is 8.88 Å². The Hall–Kier alpha value is -3.91. The zero-order valence-electron chi connectivity index (χ0n) is 30.4. The van der Waals surface area contributed by atoms with Crippen molar-refractivity contribution < 1.29 is 45.4 Å². The molecule has 1 saturated heterocycles. The molecule has 4 aliphatic heterocycles. The number of benzene rings is 2. The second kappa shape index (κ2) is 14.5. The van der Waals surface area contributed by atoms with E-state index in [4.69, 9.17) is 14.2 Å². The van der Waals surface area contributed by atoms with Crippen molar-refractivity contribution in [2.45, 2.75) is 77.9 Å². The number of fused-ring (bicyclic) bond motifs is 4. The van der Waals surface area contributed by atoms with Crippen LogP contribution in [0.1, 0.15) is 76.5 Å². The minimum atomic E-state index is -4.75. The fourth-order valence-corrected chi connectivity index (χ4v) is 9.74. The highest BCUT2D eigenvalue weighted by atomic mass is 32.2. The molecule has 4 aliphatic rings. The first-order valence-electron chi connectivity index (χ1n) is 18.0. The molecular formula is C38H47F3N3O7S+. The lowest BCUT2D eigenvalue weighted by Gasteiger charge is -2.44. The molecule has 4 heterocycles. The summed E-state index contributed by atoms with van der Waals surface area (Å²) in [6.07, 6.45) is -0.0966. The quantitative estimate of drug-likeness (QED) is 0.258. The summed E-state index contributed by atoms with van der Waals surface area (Å²) >= 11 is 0. The van der Waals surface area contributed by atoms with Crippen LogP contribution in [-0.2, 0) is 35.5 Å². The van der Waals surface area contributed by atoms with Gasteiger partial charge in [0.05, 0.1) is 49.0 Å². The van der Waals surface area contributed by atoms with E-state index >= 15 is 13.2 Å². The number of halogens is 3. The van der Waals surface area contributed by atoms with Crippen LogP contribution >= 0.6 is 0 Å². The summed E-state index contributed by atoms with van der Waals surface area (Å²) in [4.78, 5) is 26.0. The number of rotatable bonds is 10. The van der Waals surface area contributed by atoms with Crippen LogP contribution in [0.25, 0.3) is 11.1 Å². The van der Waals surface area contributed by atoms with Crippen molar-refractivity contribution in [2.75, 3.05) is 57.1 Å². The largest absolute Gasteiger partial charge is 0.469 e. The predicted molar refractivity (Wildman–Crippen MR) is 191 cm³/mol. The summed E-state index contributed by atoms with van der Waals surface area (Å²) in [7, 11) is -2.58. The number of sulfonamides is 1. The van der Waals surface area contributed by atoms with Crippen molar-refractivity contribution in [3.8, 4) is 11.5 Å². The van der Waals surface area contributed by atoms with Crippen LogP contribution < -0.4 is 24.8 Å². The van der Waals surface area contributed by atoms with Gasteiger partial charge in [0, 0.05) is 66.1 Å². The highest BCUT2D eigenvalue weighted by molar-refractivity contribution is 7.89. The molecule has 0 saturated carbocycles. The predicted octanol–water partition coefficient (Wildman–Crippen LogP) is 4.55. The maximum absolute atomic E-state index is 15.2. The number of likely N-dealkylation sites (N-methyl/N-ethyl adjacent to an activating group) is 1. The third-order valence-electron chi connectivity index (χ3n) is 10.5. The molecule has 0 spiro atoms. The summed E-state index contributed by atoms with van der Waals surface area (Å²) in [5, 5.41) is 0.737. The van der Waals surface area contributed by atoms with Crippen LogP contribution in [0.2, 0.25) is 0 Å². The van der Waals surface area contributed by atoms with Crippen molar-refractivity contribution in [1.29, 1.82) is 0 Å². The Balaban J connectivity index is 1.43. The van der Waals surface area contributed by atoms with E-state index in [0.29, 0.717) is 68.7 Å². The molecule has 14 heteroatoms. The van der Waals surface area contributed by atoms with Gasteiger partial charge in [-0.05, 0) is 64.7 Å². The Morgan fingerprint density at radius 2 is 1.79 bits per heavy atom. The van der Waals surface area contributed by atoms with Crippen molar-refractivity contribution in [3.63, 3.8) is 0 Å². The van der Waals surface area contributed by atoms with E-state index in [1.165, 1.54) is 17.5 Å². The Kier molecular flexibility index (Phi) is 10.5. The van der Waals surface area contributed by atoms with Gasteiger partial charge in [-0.15, -0.1) is 0 Å². The van der Waals surface area contributed by atoms with Gasteiger partial charge in [-0.1, -0.05) is 6.08 Å². The van der Waals surface area contributed by atoms with Crippen molar-refractivity contribution >= 4 is 38.8 Å². The molecular weight excluding hydrogens is 699 g/mol. The van der Waals surface area contributed by atoms with Crippen LogP contribution in [0.3, 0.4) is 0 Å². The molecule has 0 N–H and O–H groups in total. The van der Waals surface area contributed by atoms with Gasteiger partial charge < -0.3 is 19.1 Å². The first kappa shape index (κ1) is 37.8. The van der Waals surface area contributed by atoms with E-state index in [0.717, 1.165) is 17.3 Å². The molecule has 0 unspecified atom stereocenters. The maximum Gasteiger partial charge on any atom is 0.417 e. The zero-order valence-corrected chi connectivity index (χ0v) is 31.2. The number of ether oxygens (including phenoxy) is 3. The molecule has 1 fully saturated rings. The molecule has 0 atom stereocenters. The summed E-state index contributed by atoms with van der Waals surface area (Å²) in [6, 6.07) is 6.32. The second-order valence-corrected chi connectivity index (χ2v) is 16.3. The SMILES string of the molecule is CCOC(=O)CCC[N+]1=c2cc3c(cc2CCC1)=C(C(F)(F)F)c1cc2c(cc1O3)N(CC)C(C)(C)C=C2CS(=O)(=O)N1CCC(C(=O)OC)CC1. The first-order valence-corrected chi connectivity index (χ1v) is 19.6. The van der Waals surface area contributed by atoms with Gasteiger partial charge in [0.25, 0.3) is 0 Å². The Labute approximate surface area is 302 Å². The molecule has 6 rings (SSSR count). The van der Waals surface area contributed by atoms with Gasteiger partial charge >= 0.3 is 18.1 Å². The molecule has 0 aliphatic carbocycles. The molecule has 52 heavy (non-hydrogen) atoms. The number of piperidine rings is 1. The fourth-order valence-electron chi connectivity index (χ4n) is 8.16. The maximum atomic E-state index is 15.2. The number of hydrogen-bond acceptors (Lipinski definition) is 8. The van der Waals surface area contributed by atoms with Gasteiger partial charge in [-0.3, -0.25) is 9.59 Å². The number of methoxy groups -OCH3 is 1. The second-order valence-electron chi connectivity index (χ2n) is 14.3. The van der Waals surface area contributed by atoms with Gasteiger partial charge in [0.15, 0.2) is 0 Å². The average molecular weight is 747 g/mol. The normalized spacial score (nSPS) is 18.8. The number of carbonyl (C=O) groups is 2. The van der Waals surface area contributed by atoms with Crippen LogP contribution in [0.4, 0.5) is 18.9 Å². The molecule has 0 aromatic heterocycles. The molecule has 0 radical (unpaired) electrons. The lowest BCUT2D eigenvalue weighted by Crippen LogP contribution is -2.46. The minimum Gasteiger partial charge on any atom is -0.469 e. The Morgan fingerprint density at radius 1 is 1.06 bits per heavy atom. The average Bonchev–Trinajstić information content (AvgIpc) is 3.08. The van der Waals surface area contributed by atoms with E-state index in [9.17, 15) is 18.0 Å². The number of anilines is 1. The van der Waals surface area contributed by atoms with Gasteiger partial charge in [-0.2, -0.15) is 13.2 Å². The van der Waals surface area contributed by atoms with Crippen molar-refractivity contribution in [3.05, 3.63) is 57.6 Å². The number of alkyl halides is 3. The van der Waals surface area contributed by atoms with Crippen LogP contribution in [0.15, 0.2) is 30.3 Å². The lowest BCUT2D eigenvalue weighted by molar-refractivity contribution is -0.146. The van der Waals surface area contributed by atoms with E-state index < -0.39 is 33.1 Å². The Bertz CT molecular complexity index is 2030. The minimum absolute atomic E-state index is 0.0476. The lowest BCUT2D eigenvalue weighted by atomic mass is 9.85. The monoisotopic (exact) mass is 746 g/mol. The number of hydrogen-bond donors (Lipinski definition) is 0. The smallest absolute Gasteiger partial charge is 0.417 e. The number of esters is 2. The topological polar surface area (TPSA) is 105 Å². The van der Waals surface area contributed by atoms with E-state index in [1.807, 2.05) is 31.7 Å². The van der Waals surface area contributed by atoms with Gasteiger partial charge in [0.1, 0.15) is 24.6 Å². The molecule has 0 amide bonds. The van der Waals surface area contributed by atoms with Crippen LogP contribution in [0.5, 0.6) is 11.5 Å². The van der Waals surface area contributed by atoms with E-state index in [1.54, 1.807) is 25.1 Å². The van der Waals surface area contributed by atoms with Gasteiger partial charge in [0.2, 0.25) is 15.4 Å². The molecule has 282 valence electrons. The van der Waals surface area contributed by atoms with E-state index in [-0.39, 0.29) is 59.6 Å². The van der Waals surface area contributed by atoms with Crippen LogP contribution in [0, 0.1) is 5.92 Å². The number of nitrogens with zero attached hydrogens (tertiary/aromatic N) is 3. The number of aryl methyl sites for hydroxylation is 1. The highest BCUT2D eigenvalue weighted by Crippen LogP contribution is 2.48. The van der Waals surface area contributed by atoms with Gasteiger partial charge in [-0.25, -0.2) is 17.3 Å². The molecule has 10 nitrogen and oxygen atoms in total. The summed E-state index contributed by atoms with van der Waals surface area (Å²) in [5.74, 6) is -1.27. The highest BCUT2D eigenvalue weighted by Gasteiger charge is 2.43.